The van der Waals surface area contributed by atoms with E-state index < -0.39 is 23.0 Å². The van der Waals surface area contributed by atoms with Gasteiger partial charge in [-0.05, 0) is 144 Å². The van der Waals surface area contributed by atoms with E-state index in [1.807, 2.05) is 55.4 Å². The maximum Gasteiger partial charge on any atom is 0.312 e. The Bertz CT molecular complexity index is 1450. The highest BCUT2D eigenvalue weighted by atomic mass is 16.6. The molecule has 9 aliphatic rings. The van der Waals surface area contributed by atoms with Gasteiger partial charge in [0.2, 0.25) is 0 Å². The van der Waals surface area contributed by atoms with Gasteiger partial charge in [0.15, 0.2) is 6.10 Å². The Kier molecular flexibility index (Phi) is 21.0. The van der Waals surface area contributed by atoms with Crippen LogP contribution < -0.4 is 0 Å². The minimum absolute atomic E-state index is 0. The predicted molar refractivity (Wildman–Crippen MR) is 248 cm³/mol. The second-order valence-corrected chi connectivity index (χ2v) is 21.2. The van der Waals surface area contributed by atoms with Gasteiger partial charge in [0.05, 0.1) is 35.4 Å². The zero-order chi connectivity index (χ0) is 41.2. The number of hydrogen-bond donors (Lipinski definition) is 1. The number of carbonyl (C=O) groups excluding carboxylic acids is 4. The number of carbonyl (C=O) groups is 4. The smallest absolute Gasteiger partial charge is 0.312 e. The Morgan fingerprint density at radius 3 is 1.56 bits per heavy atom. The molecular formula is C51H96O11. The van der Waals surface area contributed by atoms with Crippen LogP contribution in [-0.4, -0.2) is 84.4 Å². The standard InChI is InChI=1S/C19H32O2.C14H20O4.C12H20O5.6CH4/c1-6-17(2,3)16(20)21-18(4,5)19-10-13-7-14(11-19)9-15(8-13)12-19;1-4-14(2,3)13(16)18-10-7-5-8-9(6-7)12(15)17-11(8)10;1-4-12(2,3)11(14)17-8-6-16-9-7(13)5-15-10(8)9;;;;;;/h13-15H,6-12H2,1-5H3;7-11H,4-6H2,1-3H3;7-10,13H,4-6H2,1-3H3;6*1H4. The molecular weight excluding hydrogens is 789 g/mol. The summed E-state index contributed by atoms with van der Waals surface area (Å²) in [5.74, 6) is 2.90. The number of fused-ring (bicyclic) bond motifs is 2. The van der Waals surface area contributed by atoms with Gasteiger partial charge in [0.25, 0.3) is 0 Å². The Labute approximate surface area is 379 Å². The van der Waals surface area contributed by atoms with Crippen molar-refractivity contribution in [3.8, 4) is 0 Å². The van der Waals surface area contributed by atoms with Gasteiger partial charge in [-0.15, -0.1) is 0 Å². The average molecular weight is 885 g/mol. The average Bonchev–Trinajstić information content (AvgIpc) is 3.94. The van der Waals surface area contributed by atoms with E-state index in [9.17, 15) is 24.3 Å². The largest absolute Gasteiger partial charge is 0.459 e. The maximum atomic E-state index is 12.6. The van der Waals surface area contributed by atoms with Gasteiger partial charge in [0, 0.05) is 17.3 Å². The van der Waals surface area contributed by atoms with Crippen LogP contribution in [0, 0.1) is 57.2 Å². The first-order valence-electron chi connectivity index (χ1n) is 21.8. The first-order valence-corrected chi connectivity index (χ1v) is 21.8. The Morgan fingerprint density at radius 2 is 1.08 bits per heavy atom. The minimum atomic E-state index is -0.608. The van der Waals surface area contributed by atoms with Crippen molar-refractivity contribution >= 4 is 23.9 Å². The Morgan fingerprint density at radius 1 is 0.629 bits per heavy atom. The van der Waals surface area contributed by atoms with Gasteiger partial charge in [-0.25, -0.2) is 0 Å². The van der Waals surface area contributed by atoms with Crippen molar-refractivity contribution in [2.45, 2.75) is 234 Å². The van der Waals surface area contributed by atoms with Crippen molar-refractivity contribution in [3.63, 3.8) is 0 Å². The lowest BCUT2D eigenvalue weighted by atomic mass is 9.46. The molecule has 3 aliphatic heterocycles. The molecule has 6 bridgehead atoms. The zero-order valence-electron chi connectivity index (χ0n) is 36.2. The summed E-state index contributed by atoms with van der Waals surface area (Å²) in [4.78, 5) is 48.2. The van der Waals surface area contributed by atoms with Crippen molar-refractivity contribution < 1.29 is 52.7 Å². The van der Waals surface area contributed by atoms with E-state index in [4.69, 9.17) is 28.4 Å². The quantitative estimate of drug-likeness (QED) is 0.165. The van der Waals surface area contributed by atoms with E-state index in [2.05, 4.69) is 20.8 Å². The van der Waals surface area contributed by atoms with E-state index in [0.717, 1.165) is 49.9 Å². The van der Waals surface area contributed by atoms with Crippen LogP contribution in [0.2, 0.25) is 0 Å². The van der Waals surface area contributed by atoms with Crippen LogP contribution in [0.3, 0.4) is 0 Å². The number of aliphatic hydroxyl groups is 1. The van der Waals surface area contributed by atoms with E-state index in [-0.39, 0.29) is 122 Å². The molecule has 3 saturated heterocycles. The summed E-state index contributed by atoms with van der Waals surface area (Å²) in [6.07, 6.45) is 10.2. The fraction of sp³-hybridized carbons (Fsp3) is 0.922. The molecule has 9 fully saturated rings. The molecule has 6 saturated carbocycles. The molecule has 0 aromatic carbocycles. The highest BCUT2D eigenvalue weighted by molar-refractivity contribution is 5.78. The third-order valence-electron chi connectivity index (χ3n) is 15.9. The summed E-state index contributed by atoms with van der Waals surface area (Å²) in [7, 11) is 0. The fourth-order valence-electron chi connectivity index (χ4n) is 10.9. The lowest BCUT2D eigenvalue weighted by Gasteiger charge is -2.61. The number of aliphatic hydroxyl groups excluding tert-OH is 1. The lowest BCUT2D eigenvalue weighted by Crippen LogP contribution is -2.58. The van der Waals surface area contributed by atoms with E-state index in [1.165, 1.54) is 38.5 Å². The molecule has 9 unspecified atom stereocenters. The van der Waals surface area contributed by atoms with Crippen LogP contribution in [0.15, 0.2) is 0 Å². The summed E-state index contributed by atoms with van der Waals surface area (Å²) >= 11 is 0. The molecule has 62 heavy (non-hydrogen) atoms. The second kappa shape index (κ2) is 21.8. The molecule has 1 N–H and O–H groups in total. The molecule has 0 aromatic heterocycles. The van der Waals surface area contributed by atoms with Crippen LogP contribution in [-0.2, 0) is 47.6 Å². The molecule has 366 valence electrons. The highest BCUT2D eigenvalue weighted by Gasteiger charge is 2.64. The van der Waals surface area contributed by atoms with Crippen LogP contribution in [0.5, 0.6) is 0 Å². The third-order valence-corrected chi connectivity index (χ3v) is 15.9. The van der Waals surface area contributed by atoms with Crippen molar-refractivity contribution in [2.75, 3.05) is 13.2 Å². The van der Waals surface area contributed by atoms with Gasteiger partial charge in [-0.3, -0.25) is 19.2 Å². The molecule has 3 heterocycles. The van der Waals surface area contributed by atoms with Crippen LogP contribution in [0.1, 0.15) is 191 Å². The molecule has 0 spiro atoms. The predicted octanol–water partition coefficient (Wildman–Crippen LogP) is 11.2. The normalized spacial score (nSPS) is 35.1. The molecule has 0 aromatic rings. The summed E-state index contributed by atoms with van der Waals surface area (Å²) < 4.78 is 33.4. The van der Waals surface area contributed by atoms with Crippen molar-refractivity contribution in [3.05, 3.63) is 0 Å². The van der Waals surface area contributed by atoms with E-state index in [0.29, 0.717) is 18.4 Å². The van der Waals surface area contributed by atoms with Crippen molar-refractivity contribution in [1.82, 2.24) is 0 Å². The van der Waals surface area contributed by atoms with E-state index in [1.54, 1.807) is 0 Å². The number of esters is 4. The van der Waals surface area contributed by atoms with Crippen LogP contribution in [0.25, 0.3) is 0 Å². The molecule has 6 aliphatic carbocycles. The Hall–Kier alpha value is -2.24. The van der Waals surface area contributed by atoms with Gasteiger partial charge in [-0.2, -0.15) is 0 Å². The minimum Gasteiger partial charge on any atom is -0.459 e. The van der Waals surface area contributed by atoms with Crippen LogP contribution >= 0.6 is 0 Å². The maximum absolute atomic E-state index is 12.6. The first-order chi connectivity index (χ1) is 26.1. The number of hydrogen-bond acceptors (Lipinski definition) is 11. The second-order valence-electron chi connectivity index (χ2n) is 21.2. The highest BCUT2D eigenvalue weighted by Crippen LogP contribution is 2.64. The molecule has 9 rings (SSSR count). The third kappa shape index (κ3) is 11.4. The first kappa shape index (κ1) is 59.8. The Balaban J connectivity index is 0.000000863. The molecule has 0 amide bonds. The fourth-order valence-corrected chi connectivity index (χ4v) is 10.9. The topological polar surface area (TPSA) is 144 Å². The summed E-state index contributed by atoms with van der Waals surface area (Å²) in [5.41, 5.74) is -1.37. The van der Waals surface area contributed by atoms with Gasteiger partial charge in [-0.1, -0.05) is 65.3 Å². The van der Waals surface area contributed by atoms with Gasteiger partial charge >= 0.3 is 23.9 Å². The number of rotatable bonds is 10. The van der Waals surface area contributed by atoms with E-state index >= 15 is 0 Å². The summed E-state index contributed by atoms with van der Waals surface area (Å²) in [6, 6.07) is 0. The molecule has 9 atom stereocenters. The SMILES string of the molecule is C.C.C.C.C.C.CCC(C)(C)C(=O)OC(C)(C)C12CC3CC(CC(C3)C1)C2.CCC(C)(C)C(=O)OC1C2CC3C(=O)OC1C3C2.CCC(C)(C)C(=O)OC1COC2C(O)COC12. The summed E-state index contributed by atoms with van der Waals surface area (Å²) in [6.45, 7) is 22.4. The van der Waals surface area contributed by atoms with Gasteiger partial charge in [0.1, 0.15) is 36.1 Å². The monoisotopic (exact) mass is 885 g/mol. The van der Waals surface area contributed by atoms with Crippen molar-refractivity contribution in [2.24, 2.45) is 57.2 Å². The number of ether oxygens (including phenoxy) is 6. The molecule has 11 nitrogen and oxygen atoms in total. The molecule has 11 heteroatoms. The van der Waals surface area contributed by atoms with Gasteiger partial charge < -0.3 is 33.5 Å². The lowest BCUT2D eigenvalue weighted by molar-refractivity contribution is -0.206. The van der Waals surface area contributed by atoms with Crippen LogP contribution in [0.4, 0.5) is 0 Å². The zero-order valence-corrected chi connectivity index (χ0v) is 36.2. The van der Waals surface area contributed by atoms with Crippen molar-refractivity contribution in [1.29, 1.82) is 0 Å². The molecule has 0 radical (unpaired) electrons. The summed E-state index contributed by atoms with van der Waals surface area (Å²) in [5, 5.41) is 9.57.